The van der Waals surface area contributed by atoms with Crippen LogP contribution in [0.2, 0.25) is 0 Å². The second-order valence-corrected chi connectivity index (χ2v) is 1.38. The Morgan fingerprint density at radius 2 is 2.38 bits per heavy atom. The first-order chi connectivity index (χ1) is 3.77. The van der Waals surface area contributed by atoms with Crippen molar-refractivity contribution >= 4 is 5.97 Å². The predicted molar refractivity (Wildman–Crippen MR) is 27.2 cm³/mol. The molecular weight excluding hydrogens is 111 g/mol. The van der Waals surface area contributed by atoms with Crippen LogP contribution in [0.15, 0.2) is 0 Å². The van der Waals surface area contributed by atoms with Crippen LogP contribution in [0.3, 0.4) is 0 Å². The lowest BCUT2D eigenvalue weighted by Crippen LogP contribution is -2.00. The zero-order chi connectivity index (χ0) is 6.41. The third-order valence-corrected chi connectivity index (χ3v) is 0.583. The molecule has 0 bridgehead atoms. The van der Waals surface area contributed by atoms with Gasteiger partial charge in [0.1, 0.15) is 0 Å². The van der Waals surface area contributed by atoms with Gasteiger partial charge in [0, 0.05) is 13.3 Å². The molecule has 0 atom stereocenters. The van der Waals surface area contributed by atoms with Crippen molar-refractivity contribution in [3.63, 3.8) is 0 Å². The molecule has 0 aromatic heterocycles. The fraction of sp³-hybridized carbons (Fsp3) is 0.800. The van der Waals surface area contributed by atoms with Gasteiger partial charge in [0.05, 0.1) is 13.3 Å². The SMILES string of the molecule is CC(=O)OCCCF. The monoisotopic (exact) mass is 120 g/mol. The predicted octanol–water partition coefficient (Wildman–Crippen LogP) is 0.909. The van der Waals surface area contributed by atoms with E-state index in [-0.39, 0.29) is 12.6 Å². The number of carbonyl (C=O) groups is 1. The fourth-order valence-corrected chi connectivity index (χ4v) is 0.270. The number of ether oxygens (including phenoxy) is 1. The highest BCUT2D eigenvalue weighted by Crippen LogP contribution is 1.82. The third kappa shape index (κ3) is 5.40. The molecule has 2 nitrogen and oxygen atoms in total. The Morgan fingerprint density at radius 1 is 1.75 bits per heavy atom. The van der Waals surface area contributed by atoms with Crippen LogP contribution < -0.4 is 0 Å². The Labute approximate surface area is 47.6 Å². The van der Waals surface area contributed by atoms with E-state index in [1.165, 1.54) is 6.92 Å². The van der Waals surface area contributed by atoms with Crippen LogP contribution in [0.1, 0.15) is 13.3 Å². The average molecular weight is 120 g/mol. The van der Waals surface area contributed by atoms with E-state index in [4.69, 9.17) is 0 Å². The molecule has 0 aromatic rings. The molecule has 8 heavy (non-hydrogen) atoms. The maximum atomic E-state index is 11.3. The van der Waals surface area contributed by atoms with Crippen LogP contribution in [0.4, 0.5) is 4.39 Å². The van der Waals surface area contributed by atoms with Crippen molar-refractivity contribution in [2.75, 3.05) is 13.3 Å². The molecule has 0 N–H and O–H groups in total. The Morgan fingerprint density at radius 3 is 2.75 bits per heavy atom. The van der Waals surface area contributed by atoms with Gasteiger partial charge in [-0.3, -0.25) is 9.18 Å². The van der Waals surface area contributed by atoms with Crippen LogP contribution in [0, 0.1) is 0 Å². The average Bonchev–Trinajstić information content (AvgIpc) is 1.66. The van der Waals surface area contributed by atoms with E-state index in [9.17, 15) is 9.18 Å². The first-order valence-electron chi connectivity index (χ1n) is 2.46. The number of halogens is 1. The van der Waals surface area contributed by atoms with Gasteiger partial charge < -0.3 is 4.74 Å². The molecule has 48 valence electrons. The minimum absolute atomic E-state index is 0.200. The molecule has 0 aliphatic heterocycles. The first-order valence-corrected chi connectivity index (χ1v) is 2.46. The molecule has 0 saturated carbocycles. The van der Waals surface area contributed by atoms with Crippen LogP contribution >= 0.6 is 0 Å². The van der Waals surface area contributed by atoms with Crippen molar-refractivity contribution in [1.82, 2.24) is 0 Å². The standard InChI is InChI=1S/C5H9FO2/c1-5(7)8-4-2-3-6/h2-4H2,1H3. The lowest BCUT2D eigenvalue weighted by atomic mass is 10.5. The topological polar surface area (TPSA) is 26.3 Å². The summed E-state index contributed by atoms with van der Waals surface area (Å²) in [4.78, 5) is 9.97. The van der Waals surface area contributed by atoms with Gasteiger partial charge in [0.25, 0.3) is 0 Å². The molecule has 0 fully saturated rings. The van der Waals surface area contributed by atoms with Gasteiger partial charge in [-0.2, -0.15) is 0 Å². The van der Waals surface area contributed by atoms with E-state index >= 15 is 0 Å². The molecule has 0 spiro atoms. The molecule has 0 saturated heterocycles. The second-order valence-electron chi connectivity index (χ2n) is 1.38. The smallest absolute Gasteiger partial charge is 0.302 e. The Balaban J connectivity index is 2.82. The summed E-state index contributed by atoms with van der Waals surface area (Å²) >= 11 is 0. The maximum Gasteiger partial charge on any atom is 0.302 e. The summed E-state index contributed by atoms with van der Waals surface area (Å²) in [7, 11) is 0. The molecule has 0 radical (unpaired) electrons. The van der Waals surface area contributed by atoms with Crippen LogP contribution in [-0.4, -0.2) is 19.3 Å². The third-order valence-electron chi connectivity index (χ3n) is 0.583. The van der Waals surface area contributed by atoms with E-state index < -0.39 is 6.67 Å². The van der Waals surface area contributed by atoms with Crippen molar-refractivity contribution in [3.8, 4) is 0 Å². The van der Waals surface area contributed by atoms with Gasteiger partial charge in [-0.05, 0) is 0 Å². The van der Waals surface area contributed by atoms with Crippen molar-refractivity contribution in [3.05, 3.63) is 0 Å². The Bertz CT molecular complexity index is 72.8. The summed E-state index contributed by atoms with van der Waals surface area (Å²) in [5.41, 5.74) is 0. The fourth-order valence-electron chi connectivity index (χ4n) is 0.270. The summed E-state index contributed by atoms with van der Waals surface area (Å²) in [6.07, 6.45) is 0.305. The maximum absolute atomic E-state index is 11.3. The van der Waals surface area contributed by atoms with E-state index in [0.717, 1.165) is 0 Å². The summed E-state index contributed by atoms with van der Waals surface area (Å²) in [6, 6.07) is 0. The van der Waals surface area contributed by atoms with Gasteiger partial charge in [-0.15, -0.1) is 0 Å². The highest BCUT2D eigenvalue weighted by atomic mass is 19.1. The van der Waals surface area contributed by atoms with Gasteiger partial charge in [0.2, 0.25) is 0 Å². The van der Waals surface area contributed by atoms with Gasteiger partial charge in [-0.1, -0.05) is 0 Å². The molecule has 0 rings (SSSR count). The van der Waals surface area contributed by atoms with E-state index in [2.05, 4.69) is 4.74 Å². The number of esters is 1. The largest absolute Gasteiger partial charge is 0.466 e. The second kappa shape index (κ2) is 4.56. The molecule has 0 heterocycles. The van der Waals surface area contributed by atoms with E-state index in [1.54, 1.807) is 0 Å². The van der Waals surface area contributed by atoms with Gasteiger partial charge in [-0.25, -0.2) is 0 Å². The summed E-state index contributed by atoms with van der Waals surface area (Å²) < 4.78 is 15.7. The number of carbonyl (C=O) groups excluding carboxylic acids is 1. The normalized spacial score (nSPS) is 8.75. The zero-order valence-corrected chi connectivity index (χ0v) is 4.82. The summed E-state index contributed by atoms with van der Waals surface area (Å²) in [6.45, 7) is 1.08. The van der Waals surface area contributed by atoms with Crippen LogP contribution in [0.25, 0.3) is 0 Å². The van der Waals surface area contributed by atoms with Crippen LogP contribution in [-0.2, 0) is 9.53 Å². The quantitative estimate of drug-likeness (QED) is 0.408. The van der Waals surface area contributed by atoms with Gasteiger partial charge >= 0.3 is 5.97 Å². The molecule has 3 heteroatoms. The summed E-state index contributed by atoms with van der Waals surface area (Å²) in [5, 5.41) is 0. The highest BCUT2D eigenvalue weighted by molar-refractivity contribution is 5.65. The molecule has 0 aliphatic rings. The lowest BCUT2D eigenvalue weighted by molar-refractivity contribution is -0.141. The van der Waals surface area contributed by atoms with Crippen molar-refractivity contribution < 1.29 is 13.9 Å². The van der Waals surface area contributed by atoms with Crippen LogP contribution in [0.5, 0.6) is 0 Å². The zero-order valence-electron chi connectivity index (χ0n) is 4.82. The molecule has 0 amide bonds. The molecule has 0 unspecified atom stereocenters. The van der Waals surface area contributed by atoms with Gasteiger partial charge in [0.15, 0.2) is 0 Å². The minimum atomic E-state index is -0.423. The first kappa shape index (κ1) is 7.40. The number of alkyl halides is 1. The molecular formula is C5H9FO2. The minimum Gasteiger partial charge on any atom is -0.466 e. The van der Waals surface area contributed by atoms with E-state index in [0.29, 0.717) is 6.42 Å². The number of rotatable bonds is 3. The highest BCUT2D eigenvalue weighted by Gasteiger charge is 1.89. The Hall–Kier alpha value is -0.600. The molecule has 0 aliphatic carbocycles. The lowest BCUT2D eigenvalue weighted by Gasteiger charge is -1.95. The van der Waals surface area contributed by atoms with Crippen molar-refractivity contribution in [1.29, 1.82) is 0 Å². The molecule has 0 aromatic carbocycles. The summed E-state index contributed by atoms with van der Waals surface area (Å²) in [5.74, 6) is -0.349. The number of hydrogen-bond acceptors (Lipinski definition) is 2. The van der Waals surface area contributed by atoms with Crippen molar-refractivity contribution in [2.24, 2.45) is 0 Å². The Kier molecular flexibility index (Phi) is 4.21. The van der Waals surface area contributed by atoms with Crippen molar-refractivity contribution in [2.45, 2.75) is 13.3 Å². The number of hydrogen-bond donors (Lipinski definition) is 0. The van der Waals surface area contributed by atoms with E-state index in [1.807, 2.05) is 0 Å².